The maximum atomic E-state index is 12.1. The molecule has 0 amide bonds. The zero-order valence-electron chi connectivity index (χ0n) is 16.1. The van der Waals surface area contributed by atoms with Crippen LogP contribution in [0.3, 0.4) is 0 Å². The van der Waals surface area contributed by atoms with Crippen LogP contribution in [0.5, 0.6) is 11.5 Å². The smallest absolute Gasteiger partial charge is 0.250 e. The number of fused-ring (bicyclic) bond motifs is 1. The highest BCUT2D eigenvalue weighted by molar-refractivity contribution is 7.91. The van der Waals surface area contributed by atoms with Crippen molar-refractivity contribution in [1.82, 2.24) is 9.62 Å². The minimum Gasteiger partial charge on any atom is -0.493 e. The van der Waals surface area contributed by atoms with Crippen LogP contribution in [0.2, 0.25) is 0 Å². The molecule has 0 bridgehead atoms. The Morgan fingerprint density at radius 3 is 2.50 bits per heavy atom. The maximum Gasteiger partial charge on any atom is 0.250 e. The van der Waals surface area contributed by atoms with Gasteiger partial charge in [-0.2, -0.15) is 0 Å². The highest BCUT2D eigenvalue weighted by Gasteiger charge is 2.19. The molecule has 0 saturated heterocycles. The Kier molecular flexibility index (Phi) is 8.57. The molecule has 2 heterocycles. The summed E-state index contributed by atoms with van der Waals surface area (Å²) in [5, 5.41) is 1.77. The van der Waals surface area contributed by atoms with Crippen LogP contribution in [0.15, 0.2) is 33.9 Å². The molecule has 0 fully saturated rings. The van der Waals surface area contributed by atoms with Crippen molar-refractivity contribution in [2.24, 2.45) is 0 Å². The molecular formula is C19H27ClN2O4S2. The number of rotatable bonds is 9. The van der Waals surface area contributed by atoms with Crippen molar-refractivity contribution >= 4 is 33.8 Å². The van der Waals surface area contributed by atoms with Gasteiger partial charge in [0.25, 0.3) is 0 Å². The van der Waals surface area contributed by atoms with Crippen LogP contribution in [0.25, 0.3) is 0 Å². The van der Waals surface area contributed by atoms with E-state index in [4.69, 9.17) is 9.47 Å². The lowest BCUT2D eigenvalue weighted by Crippen LogP contribution is -2.32. The molecule has 28 heavy (non-hydrogen) atoms. The number of ether oxygens (including phenoxy) is 2. The van der Waals surface area contributed by atoms with Crippen molar-refractivity contribution in [2.45, 2.75) is 30.0 Å². The largest absolute Gasteiger partial charge is 0.493 e. The van der Waals surface area contributed by atoms with Crippen molar-refractivity contribution in [3.05, 3.63) is 40.8 Å². The molecule has 1 aromatic carbocycles. The third-order valence-electron chi connectivity index (χ3n) is 4.75. The monoisotopic (exact) mass is 446 g/mol. The van der Waals surface area contributed by atoms with Crippen LogP contribution in [0, 0.1) is 0 Å². The van der Waals surface area contributed by atoms with Gasteiger partial charge >= 0.3 is 0 Å². The first-order valence-electron chi connectivity index (χ1n) is 9.03. The molecule has 6 nitrogen and oxygen atoms in total. The van der Waals surface area contributed by atoms with Crippen LogP contribution < -0.4 is 14.2 Å². The Labute approximate surface area is 177 Å². The molecule has 0 unspecified atom stereocenters. The fourth-order valence-electron chi connectivity index (χ4n) is 3.29. The molecule has 1 N–H and O–H groups in total. The van der Waals surface area contributed by atoms with E-state index in [9.17, 15) is 8.42 Å². The Morgan fingerprint density at radius 1 is 1.14 bits per heavy atom. The number of benzene rings is 1. The summed E-state index contributed by atoms with van der Waals surface area (Å²) >= 11 is 1.24. The first-order valence-corrected chi connectivity index (χ1v) is 11.4. The molecule has 1 aliphatic heterocycles. The molecule has 0 spiro atoms. The van der Waals surface area contributed by atoms with E-state index in [1.54, 1.807) is 31.7 Å². The second-order valence-corrected chi connectivity index (χ2v) is 9.48. The predicted molar refractivity (Wildman–Crippen MR) is 115 cm³/mol. The number of nitrogens with zero attached hydrogens (tertiary/aromatic N) is 1. The van der Waals surface area contributed by atoms with E-state index in [2.05, 4.69) is 21.8 Å². The van der Waals surface area contributed by atoms with E-state index < -0.39 is 10.0 Å². The molecule has 9 heteroatoms. The van der Waals surface area contributed by atoms with E-state index in [1.165, 1.54) is 22.5 Å². The van der Waals surface area contributed by atoms with Gasteiger partial charge in [0.15, 0.2) is 11.5 Å². The van der Waals surface area contributed by atoms with Crippen LogP contribution in [-0.4, -0.2) is 47.2 Å². The van der Waals surface area contributed by atoms with Crippen LogP contribution in [0.1, 0.15) is 24.0 Å². The van der Waals surface area contributed by atoms with Crippen molar-refractivity contribution in [3.63, 3.8) is 0 Å². The van der Waals surface area contributed by atoms with Gasteiger partial charge in [-0.1, -0.05) is 6.07 Å². The van der Waals surface area contributed by atoms with E-state index in [0.29, 0.717) is 10.8 Å². The minimum absolute atomic E-state index is 0. The standard InChI is InChI=1S/C19H26N2O4S2.ClH/c1-24-17-12-15-7-10-21(14-16(15)13-18(17)25-2)9-4-3-8-20-27(22,23)19-6-5-11-26-19;/h5-6,11-13,20H,3-4,7-10,14H2,1-2H3;1H. The molecule has 1 aliphatic rings. The zero-order chi connectivity index (χ0) is 19.3. The number of unbranched alkanes of at least 4 members (excludes halogenated alkanes) is 1. The van der Waals surface area contributed by atoms with Gasteiger partial charge in [0.2, 0.25) is 10.0 Å². The normalized spacial score (nSPS) is 14.2. The number of methoxy groups -OCH3 is 2. The fraction of sp³-hybridized carbons (Fsp3) is 0.474. The quantitative estimate of drug-likeness (QED) is 0.598. The molecule has 0 radical (unpaired) electrons. The number of hydrogen-bond acceptors (Lipinski definition) is 6. The van der Waals surface area contributed by atoms with Gasteiger partial charge in [-0.15, -0.1) is 23.7 Å². The van der Waals surface area contributed by atoms with E-state index in [-0.39, 0.29) is 12.4 Å². The number of sulfonamides is 1. The third kappa shape index (κ3) is 5.61. The Bertz CT molecular complexity index is 857. The summed E-state index contributed by atoms with van der Waals surface area (Å²) < 4.78 is 38.0. The SMILES string of the molecule is COc1cc2c(cc1OC)CN(CCCCNS(=O)(=O)c1cccs1)CC2.Cl. The van der Waals surface area contributed by atoms with E-state index >= 15 is 0 Å². The summed E-state index contributed by atoms with van der Waals surface area (Å²) in [4.78, 5) is 2.40. The number of thiophene rings is 1. The second-order valence-electron chi connectivity index (χ2n) is 6.54. The molecule has 0 atom stereocenters. The summed E-state index contributed by atoms with van der Waals surface area (Å²) in [6, 6.07) is 7.51. The summed E-state index contributed by atoms with van der Waals surface area (Å²) in [6.07, 6.45) is 2.76. The predicted octanol–water partition coefficient (Wildman–Crippen LogP) is 3.30. The topological polar surface area (TPSA) is 67.9 Å². The lowest BCUT2D eigenvalue weighted by atomic mass is 9.98. The summed E-state index contributed by atoms with van der Waals surface area (Å²) in [5.41, 5.74) is 2.59. The van der Waals surface area contributed by atoms with Gasteiger partial charge in [0, 0.05) is 19.6 Å². The average molecular weight is 447 g/mol. The Morgan fingerprint density at radius 2 is 1.86 bits per heavy atom. The maximum absolute atomic E-state index is 12.1. The highest BCUT2D eigenvalue weighted by Crippen LogP contribution is 2.33. The molecule has 1 aromatic heterocycles. The van der Waals surface area contributed by atoms with Crippen molar-refractivity contribution in [2.75, 3.05) is 33.9 Å². The summed E-state index contributed by atoms with van der Waals surface area (Å²) in [5.74, 6) is 1.55. The molecule has 3 rings (SSSR count). The first-order chi connectivity index (χ1) is 13.0. The molecule has 2 aromatic rings. The van der Waals surface area contributed by atoms with Crippen molar-refractivity contribution in [3.8, 4) is 11.5 Å². The van der Waals surface area contributed by atoms with Gasteiger partial charge in [0.05, 0.1) is 14.2 Å². The van der Waals surface area contributed by atoms with Crippen LogP contribution in [0.4, 0.5) is 0 Å². The third-order valence-corrected chi connectivity index (χ3v) is 7.61. The van der Waals surface area contributed by atoms with Gasteiger partial charge in [0.1, 0.15) is 4.21 Å². The second kappa shape index (κ2) is 10.5. The lowest BCUT2D eigenvalue weighted by Gasteiger charge is -2.29. The van der Waals surface area contributed by atoms with Crippen LogP contribution in [-0.2, 0) is 23.0 Å². The fourth-order valence-corrected chi connectivity index (χ4v) is 5.40. The first kappa shape index (κ1) is 23.0. The molecular weight excluding hydrogens is 420 g/mol. The Hall–Kier alpha value is -1.32. The molecule has 156 valence electrons. The van der Waals surface area contributed by atoms with Crippen molar-refractivity contribution in [1.29, 1.82) is 0 Å². The van der Waals surface area contributed by atoms with Gasteiger partial charge in [-0.05, 0) is 60.5 Å². The number of nitrogens with one attached hydrogen (secondary N) is 1. The molecule has 0 aliphatic carbocycles. The van der Waals surface area contributed by atoms with Crippen molar-refractivity contribution < 1.29 is 17.9 Å². The van der Waals surface area contributed by atoms with E-state index in [0.717, 1.165) is 50.4 Å². The molecule has 0 saturated carbocycles. The number of halogens is 1. The summed E-state index contributed by atoms with van der Waals surface area (Å²) in [6.45, 7) is 3.31. The zero-order valence-corrected chi connectivity index (χ0v) is 18.6. The minimum atomic E-state index is -3.35. The van der Waals surface area contributed by atoms with Gasteiger partial charge < -0.3 is 9.47 Å². The van der Waals surface area contributed by atoms with Crippen LogP contribution >= 0.6 is 23.7 Å². The Balaban J connectivity index is 0.00000280. The highest BCUT2D eigenvalue weighted by atomic mass is 35.5. The summed E-state index contributed by atoms with van der Waals surface area (Å²) in [7, 11) is -0.0338. The van der Waals surface area contributed by atoms with Gasteiger partial charge in [-0.3, -0.25) is 4.90 Å². The number of hydrogen-bond donors (Lipinski definition) is 1. The lowest BCUT2D eigenvalue weighted by molar-refractivity contribution is 0.248. The average Bonchev–Trinajstić information content (AvgIpc) is 3.22. The van der Waals surface area contributed by atoms with Gasteiger partial charge in [-0.25, -0.2) is 13.1 Å². The van der Waals surface area contributed by atoms with E-state index in [1.807, 2.05) is 0 Å².